The largest absolute Gasteiger partial charge is 0.507 e. The van der Waals surface area contributed by atoms with Gasteiger partial charge in [0, 0.05) is 6.07 Å². The first-order chi connectivity index (χ1) is 8.50. The Morgan fingerprint density at radius 1 is 0.889 bits per heavy atom. The van der Waals surface area contributed by atoms with E-state index in [4.69, 9.17) is 5.73 Å². The Labute approximate surface area is 103 Å². The average molecular weight is 245 g/mol. The van der Waals surface area contributed by atoms with Crippen LogP contribution in [0.5, 0.6) is 17.2 Å². The Balaban J connectivity index is 2.53. The number of nitrogens with two attached hydrogens (primary N) is 1. The molecule has 0 amide bonds. The van der Waals surface area contributed by atoms with Crippen molar-refractivity contribution in [2.45, 2.75) is 0 Å². The number of phenols is 3. The molecule has 2 aromatic rings. The number of para-hydroxylation sites is 1. The van der Waals surface area contributed by atoms with Crippen LogP contribution in [-0.4, -0.2) is 21.1 Å². The van der Waals surface area contributed by atoms with Crippen LogP contribution < -0.4 is 5.73 Å². The van der Waals surface area contributed by atoms with Crippen molar-refractivity contribution in [1.29, 1.82) is 0 Å². The summed E-state index contributed by atoms with van der Waals surface area (Å²) in [7, 11) is 0. The summed E-state index contributed by atoms with van der Waals surface area (Å²) in [5.74, 6) is -1.44. The summed E-state index contributed by atoms with van der Waals surface area (Å²) in [4.78, 5) is 12.1. The number of carbonyl (C=O) groups is 1. The third kappa shape index (κ3) is 1.93. The van der Waals surface area contributed by atoms with Crippen LogP contribution in [0.3, 0.4) is 0 Å². The molecular formula is C13H11NO4. The highest BCUT2D eigenvalue weighted by atomic mass is 16.3. The molecule has 0 aliphatic heterocycles. The van der Waals surface area contributed by atoms with E-state index >= 15 is 0 Å². The molecule has 5 heteroatoms. The van der Waals surface area contributed by atoms with Crippen molar-refractivity contribution in [3.8, 4) is 17.2 Å². The Bertz CT molecular complexity index is 622. The number of carbonyl (C=O) groups excluding carboxylic acids is 1. The lowest BCUT2D eigenvalue weighted by Gasteiger charge is -2.07. The van der Waals surface area contributed by atoms with E-state index < -0.39 is 5.78 Å². The lowest BCUT2D eigenvalue weighted by Crippen LogP contribution is -2.02. The molecule has 0 radical (unpaired) electrons. The van der Waals surface area contributed by atoms with Gasteiger partial charge in [0.15, 0.2) is 0 Å². The quantitative estimate of drug-likeness (QED) is 0.278. The molecular weight excluding hydrogens is 234 g/mol. The molecule has 5 nitrogen and oxygen atoms in total. The number of hydrogen-bond donors (Lipinski definition) is 4. The molecule has 0 heterocycles. The molecule has 0 saturated carbocycles. The maximum absolute atomic E-state index is 12.1. The molecule has 92 valence electrons. The van der Waals surface area contributed by atoms with Crippen LogP contribution in [0, 0.1) is 0 Å². The van der Waals surface area contributed by atoms with Crippen LogP contribution in [0.1, 0.15) is 15.9 Å². The van der Waals surface area contributed by atoms with Crippen LogP contribution >= 0.6 is 0 Å². The fraction of sp³-hybridized carbons (Fsp3) is 0. The van der Waals surface area contributed by atoms with Crippen molar-refractivity contribution in [1.82, 2.24) is 0 Å². The predicted molar refractivity (Wildman–Crippen MR) is 65.7 cm³/mol. The standard InChI is InChI=1S/C13H11NO4/c14-9-6-11(16)8(5-12(9)17)13(18)7-3-1-2-4-10(7)15/h1-6,15-17H,14H2. The summed E-state index contributed by atoms with van der Waals surface area (Å²) in [5.41, 5.74) is 5.28. The third-order valence-corrected chi connectivity index (χ3v) is 2.54. The van der Waals surface area contributed by atoms with Gasteiger partial charge in [-0.2, -0.15) is 0 Å². The van der Waals surface area contributed by atoms with E-state index in [0.29, 0.717) is 0 Å². The summed E-state index contributed by atoms with van der Waals surface area (Å²) in [6.07, 6.45) is 0. The Morgan fingerprint density at radius 3 is 2.22 bits per heavy atom. The minimum absolute atomic E-state index is 0.0265. The van der Waals surface area contributed by atoms with Crippen LogP contribution in [0.4, 0.5) is 5.69 Å². The first-order valence-electron chi connectivity index (χ1n) is 5.15. The smallest absolute Gasteiger partial charge is 0.200 e. The van der Waals surface area contributed by atoms with Crippen molar-refractivity contribution >= 4 is 11.5 Å². The number of ketones is 1. The van der Waals surface area contributed by atoms with E-state index in [-0.39, 0.29) is 34.1 Å². The molecule has 2 aromatic carbocycles. The second-order valence-electron chi connectivity index (χ2n) is 3.77. The lowest BCUT2D eigenvalue weighted by atomic mass is 10.0. The average Bonchev–Trinajstić information content (AvgIpc) is 2.33. The zero-order valence-electron chi connectivity index (χ0n) is 9.29. The fourth-order valence-corrected chi connectivity index (χ4v) is 1.59. The van der Waals surface area contributed by atoms with Gasteiger partial charge < -0.3 is 21.1 Å². The lowest BCUT2D eigenvalue weighted by molar-refractivity contribution is 0.103. The number of aromatic hydroxyl groups is 3. The van der Waals surface area contributed by atoms with Crippen molar-refractivity contribution in [3.63, 3.8) is 0 Å². The second-order valence-corrected chi connectivity index (χ2v) is 3.77. The number of phenolic OH excluding ortho intramolecular Hbond substituents is 3. The predicted octanol–water partition coefficient (Wildman–Crippen LogP) is 1.62. The van der Waals surface area contributed by atoms with Crippen LogP contribution in [0.15, 0.2) is 36.4 Å². The van der Waals surface area contributed by atoms with Crippen molar-refractivity contribution in [2.75, 3.05) is 5.73 Å². The Morgan fingerprint density at radius 2 is 1.56 bits per heavy atom. The molecule has 0 unspecified atom stereocenters. The third-order valence-electron chi connectivity index (χ3n) is 2.54. The summed E-state index contributed by atoms with van der Waals surface area (Å²) >= 11 is 0. The highest BCUT2D eigenvalue weighted by Crippen LogP contribution is 2.32. The van der Waals surface area contributed by atoms with Gasteiger partial charge in [0.2, 0.25) is 5.78 Å². The molecule has 0 aromatic heterocycles. The molecule has 0 atom stereocenters. The van der Waals surface area contributed by atoms with Crippen LogP contribution in [0.2, 0.25) is 0 Å². The van der Waals surface area contributed by atoms with E-state index in [1.54, 1.807) is 12.1 Å². The first-order valence-corrected chi connectivity index (χ1v) is 5.15. The van der Waals surface area contributed by atoms with E-state index in [1.807, 2.05) is 0 Å². The SMILES string of the molecule is Nc1cc(O)c(C(=O)c2ccccc2O)cc1O. The molecule has 5 N–H and O–H groups in total. The van der Waals surface area contributed by atoms with Gasteiger partial charge in [-0.05, 0) is 18.2 Å². The Kier molecular flexibility index (Phi) is 2.81. The number of nitrogen functional groups attached to an aromatic ring is 1. The molecule has 2 rings (SSSR count). The molecule has 0 aliphatic carbocycles. The molecule has 0 saturated heterocycles. The monoisotopic (exact) mass is 245 g/mol. The molecule has 0 fully saturated rings. The highest BCUT2D eigenvalue weighted by molar-refractivity contribution is 6.12. The van der Waals surface area contributed by atoms with E-state index in [9.17, 15) is 20.1 Å². The van der Waals surface area contributed by atoms with Gasteiger partial charge in [0.1, 0.15) is 17.2 Å². The van der Waals surface area contributed by atoms with E-state index in [2.05, 4.69) is 0 Å². The molecule has 0 aliphatic rings. The Hall–Kier alpha value is -2.69. The van der Waals surface area contributed by atoms with Gasteiger partial charge in [0.25, 0.3) is 0 Å². The van der Waals surface area contributed by atoms with Gasteiger partial charge in [-0.1, -0.05) is 12.1 Å². The zero-order valence-corrected chi connectivity index (χ0v) is 9.29. The van der Waals surface area contributed by atoms with Gasteiger partial charge in [-0.15, -0.1) is 0 Å². The van der Waals surface area contributed by atoms with E-state index in [0.717, 1.165) is 12.1 Å². The van der Waals surface area contributed by atoms with Gasteiger partial charge in [0.05, 0.1) is 16.8 Å². The summed E-state index contributed by atoms with van der Waals surface area (Å²) < 4.78 is 0. The zero-order chi connectivity index (χ0) is 13.3. The molecule has 0 spiro atoms. The van der Waals surface area contributed by atoms with Crippen LogP contribution in [0.25, 0.3) is 0 Å². The number of anilines is 1. The van der Waals surface area contributed by atoms with Crippen LogP contribution in [-0.2, 0) is 0 Å². The van der Waals surface area contributed by atoms with Gasteiger partial charge >= 0.3 is 0 Å². The summed E-state index contributed by atoms with van der Waals surface area (Å²) in [6.45, 7) is 0. The number of rotatable bonds is 2. The maximum Gasteiger partial charge on any atom is 0.200 e. The highest BCUT2D eigenvalue weighted by Gasteiger charge is 2.18. The maximum atomic E-state index is 12.1. The van der Waals surface area contributed by atoms with Crippen molar-refractivity contribution in [3.05, 3.63) is 47.5 Å². The topological polar surface area (TPSA) is 104 Å². The number of benzene rings is 2. The van der Waals surface area contributed by atoms with Gasteiger partial charge in [-0.3, -0.25) is 4.79 Å². The minimum atomic E-state index is -0.596. The summed E-state index contributed by atoms with van der Waals surface area (Å²) in [6, 6.07) is 8.10. The number of hydrogen-bond acceptors (Lipinski definition) is 5. The van der Waals surface area contributed by atoms with Crippen molar-refractivity contribution < 1.29 is 20.1 Å². The van der Waals surface area contributed by atoms with E-state index in [1.165, 1.54) is 12.1 Å². The fourth-order valence-electron chi connectivity index (χ4n) is 1.59. The van der Waals surface area contributed by atoms with Crippen molar-refractivity contribution in [2.24, 2.45) is 0 Å². The molecule has 0 bridgehead atoms. The van der Waals surface area contributed by atoms with Gasteiger partial charge in [-0.25, -0.2) is 0 Å². The molecule has 18 heavy (non-hydrogen) atoms. The first kappa shape index (κ1) is 11.8. The summed E-state index contributed by atoms with van der Waals surface area (Å²) in [5, 5.41) is 28.7. The normalized spacial score (nSPS) is 10.2. The second kappa shape index (κ2) is 4.29. The minimum Gasteiger partial charge on any atom is -0.507 e.